The zero-order valence-electron chi connectivity index (χ0n) is 16.5. The normalized spacial score (nSPS) is 11.2. The Morgan fingerprint density at radius 1 is 0.533 bits per heavy atom. The third-order valence-corrected chi connectivity index (χ3v) is 12.0. The fraction of sp³-hybridized carbons (Fsp3) is 0.0370. The molecule has 3 heteroatoms. The molecule has 0 fully saturated rings. The predicted molar refractivity (Wildman–Crippen MR) is 130 cm³/mol. The molecule has 0 saturated carbocycles. The van der Waals surface area contributed by atoms with E-state index in [2.05, 4.69) is 120 Å². The number of hydrogen-bond acceptors (Lipinski definition) is 0. The molecule has 148 valence electrons. The van der Waals surface area contributed by atoms with Gasteiger partial charge in [0.1, 0.15) is 0 Å². The van der Waals surface area contributed by atoms with Crippen molar-refractivity contribution in [2.75, 3.05) is 0 Å². The summed E-state index contributed by atoms with van der Waals surface area (Å²) in [6.45, 7) is 0. The molecule has 5 rings (SSSR count). The first-order chi connectivity index (χ1) is 14.4. The molecule has 1 heterocycles. The molecule has 0 unspecified atom stereocenters. The Labute approximate surface area is 195 Å². The van der Waals surface area contributed by atoms with Gasteiger partial charge in [-0.25, -0.2) is 0 Å². The topological polar surface area (TPSA) is 0 Å². The third kappa shape index (κ3) is 3.86. The maximum absolute atomic E-state index is 2.52. The van der Waals surface area contributed by atoms with Gasteiger partial charge < -0.3 is 17.0 Å². The van der Waals surface area contributed by atoms with Crippen molar-refractivity contribution >= 4 is 47.3 Å². The molecule has 0 nitrogen and oxygen atoms in total. The summed E-state index contributed by atoms with van der Waals surface area (Å²) >= 11 is 0.436. The van der Waals surface area contributed by atoms with Crippen LogP contribution in [-0.4, -0.2) is 14.5 Å². The molecule has 0 saturated heterocycles. The monoisotopic (exact) mass is 536 g/mol. The van der Waals surface area contributed by atoms with Gasteiger partial charge in [0.15, 0.2) is 0 Å². The van der Waals surface area contributed by atoms with Crippen molar-refractivity contribution in [1.29, 1.82) is 0 Å². The Hall–Kier alpha value is -1.95. The van der Waals surface area contributed by atoms with Gasteiger partial charge in [0.25, 0.3) is 0 Å². The molecule has 0 N–H and O–H groups in total. The van der Waals surface area contributed by atoms with Gasteiger partial charge in [-0.2, -0.15) is 0 Å². The Morgan fingerprint density at radius 2 is 0.967 bits per heavy atom. The third-order valence-electron chi connectivity index (χ3n) is 5.56. The van der Waals surface area contributed by atoms with E-state index in [0.29, 0.717) is 14.5 Å². The molecule has 0 bridgehead atoms. The average Bonchev–Trinajstić information content (AvgIpc) is 3.22. The van der Waals surface area contributed by atoms with Gasteiger partial charge in [-0.1, -0.05) is 0 Å². The number of benzene rings is 4. The van der Waals surface area contributed by atoms with Crippen LogP contribution >= 0.6 is 7.26 Å². The summed E-state index contributed by atoms with van der Waals surface area (Å²) in [7, 11) is -1.82. The van der Waals surface area contributed by atoms with E-state index in [1.807, 2.05) is 0 Å². The first-order valence-electron chi connectivity index (χ1n) is 9.88. The second kappa shape index (κ2) is 9.46. The number of fused-ring (bicyclic) bond motifs is 1. The molecule has 0 aliphatic heterocycles. The standard InChI is InChI=1S/C27H22PSe.BrH/c1-4-12-23(13-5-1)28(24-14-6-2-7-15-24,25-16-8-3-9-17-25)20-22-21-29-27-19-11-10-18-26(22)27;/h1-19,21H,20H2;1H/q+1;/p-1. The fourth-order valence-corrected chi connectivity index (χ4v) is 10.7. The van der Waals surface area contributed by atoms with Crippen molar-refractivity contribution < 1.29 is 17.0 Å². The van der Waals surface area contributed by atoms with E-state index < -0.39 is 7.26 Å². The Kier molecular flexibility index (Phi) is 6.71. The van der Waals surface area contributed by atoms with Crippen molar-refractivity contribution in [3.8, 4) is 0 Å². The molecule has 0 atom stereocenters. The molecule has 0 radical (unpaired) electrons. The van der Waals surface area contributed by atoms with E-state index in [4.69, 9.17) is 0 Å². The quantitative estimate of drug-likeness (QED) is 0.239. The Balaban J connectivity index is 0.00000218. The van der Waals surface area contributed by atoms with Crippen molar-refractivity contribution in [2.24, 2.45) is 0 Å². The van der Waals surface area contributed by atoms with Crippen LogP contribution in [0.1, 0.15) is 5.56 Å². The van der Waals surface area contributed by atoms with E-state index >= 15 is 0 Å². The van der Waals surface area contributed by atoms with Crippen LogP contribution in [0, 0.1) is 0 Å². The van der Waals surface area contributed by atoms with Gasteiger partial charge in [0, 0.05) is 0 Å². The molecule has 5 aromatic rings. The Bertz CT molecular complexity index is 1120. The number of halogens is 1. The summed E-state index contributed by atoms with van der Waals surface area (Å²) in [5.41, 5.74) is 1.52. The maximum atomic E-state index is 2.52. The van der Waals surface area contributed by atoms with Gasteiger partial charge in [-0.3, -0.25) is 0 Å². The summed E-state index contributed by atoms with van der Waals surface area (Å²) in [4.78, 5) is 2.52. The van der Waals surface area contributed by atoms with Gasteiger partial charge in [0.05, 0.1) is 0 Å². The number of rotatable bonds is 5. The molecule has 0 spiro atoms. The summed E-state index contributed by atoms with van der Waals surface area (Å²) in [6, 6.07) is 42.5. The minimum absolute atomic E-state index is 0. The molecule has 0 aliphatic rings. The van der Waals surface area contributed by atoms with Crippen molar-refractivity contribution in [3.63, 3.8) is 0 Å². The van der Waals surface area contributed by atoms with E-state index in [9.17, 15) is 0 Å². The van der Waals surface area contributed by atoms with E-state index in [1.165, 1.54) is 31.1 Å². The zero-order valence-corrected chi connectivity index (χ0v) is 20.7. The van der Waals surface area contributed by atoms with Gasteiger partial charge in [0.2, 0.25) is 0 Å². The van der Waals surface area contributed by atoms with Crippen LogP contribution in [0.2, 0.25) is 0 Å². The molecule has 1 aromatic heterocycles. The van der Waals surface area contributed by atoms with Crippen LogP contribution in [0.15, 0.2) is 120 Å². The van der Waals surface area contributed by atoms with Crippen LogP contribution in [0.3, 0.4) is 0 Å². The minimum atomic E-state index is -1.82. The second-order valence-electron chi connectivity index (χ2n) is 7.23. The zero-order chi connectivity index (χ0) is 19.5. The van der Waals surface area contributed by atoms with E-state index in [0.717, 1.165) is 6.16 Å². The molecule has 0 amide bonds. The molecule has 30 heavy (non-hydrogen) atoms. The summed E-state index contributed by atoms with van der Waals surface area (Å²) in [5.74, 6) is 0. The van der Waals surface area contributed by atoms with Crippen molar-refractivity contribution in [2.45, 2.75) is 6.16 Å². The fourth-order valence-electron chi connectivity index (χ4n) is 4.18. The van der Waals surface area contributed by atoms with E-state index in [1.54, 1.807) is 0 Å². The van der Waals surface area contributed by atoms with Crippen LogP contribution in [-0.2, 0) is 6.16 Å². The van der Waals surface area contributed by atoms with E-state index in [-0.39, 0.29) is 17.0 Å². The summed E-state index contributed by atoms with van der Waals surface area (Å²) < 4.78 is 1.52. The van der Waals surface area contributed by atoms with Crippen LogP contribution < -0.4 is 32.9 Å². The summed E-state index contributed by atoms with van der Waals surface area (Å²) in [6.07, 6.45) is 1.07. The number of hydrogen-bond donors (Lipinski definition) is 0. The average molecular weight is 536 g/mol. The van der Waals surface area contributed by atoms with Gasteiger partial charge in [-0.15, -0.1) is 0 Å². The molecular weight excluding hydrogens is 514 g/mol. The first-order valence-corrected chi connectivity index (χ1v) is 13.7. The SMILES string of the molecule is [Br-].c1ccc([P+](Cc2c[se]c3ccccc23)(c2ccccc2)c2ccccc2)cc1. The van der Waals surface area contributed by atoms with Gasteiger partial charge in [-0.05, 0) is 0 Å². The van der Waals surface area contributed by atoms with Crippen molar-refractivity contribution in [1.82, 2.24) is 0 Å². The van der Waals surface area contributed by atoms with Crippen LogP contribution in [0.25, 0.3) is 9.65 Å². The van der Waals surface area contributed by atoms with Crippen molar-refractivity contribution in [3.05, 3.63) is 126 Å². The second-order valence-corrected chi connectivity index (χ2v) is 12.6. The van der Waals surface area contributed by atoms with Gasteiger partial charge >= 0.3 is 179 Å². The molecule has 0 aliphatic carbocycles. The predicted octanol–water partition coefficient (Wildman–Crippen LogP) is 2.39. The summed E-state index contributed by atoms with van der Waals surface area (Å²) in [5, 5.41) is 5.82. The van der Waals surface area contributed by atoms with Crippen LogP contribution in [0.5, 0.6) is 0 Å². The molecular formula is C27H22BrPSe. The first kappa shape index (κ1) is 21.3. The van der Waals surface area contributed by atoms with Crippen LogP contribution in [0.4, 0.5) is 0 Å². The Morgan fingerprint density at radius 3 is 1.47 bits per heavy atom. The molecule has 4 aromatic carbocycles.